The van der Waals surface area contributed by atoms with Crippen LogP contribution in [0.25, 0.3) is 0 Å². The van der Waals surface area contributed by atoms with Crippen molar-refractivity contribution in [3.05, 3.63) is 50.5 Å². The van der Waals surface area contributed by atoms with E-state index in [4.69, 9.17) is 5.73 Å². The lowest BCUT2D eigenvalue weighted by Gasteiger charge is -2.12. The van der Waals surface area contributed by atoms with Crippen LogP contribution in [0, 0.1) is 27.7 Å². The first-order valence-corrected chi connectivity index (χ1v) is 6.57. The molecule has 1 unspecified atom stereocenters. The van der Waals surface area contributed by atoms with Crippen molar-refractivity contribution in [2.24, 2.45) is 5.73 Å². The van der Waals surface area contributed by atoms with Crippen molar-refractivity contribution >= 4 is 11.3 Å². The van der Waals surface area contributed by atoms with E-state index in [1.807, 2.05) is 13.8 Å². The summed E-state index contributed by atoms with van der Waals surface area (Å²) in [4.78, 5) is 5.61. The number of benzene rings is 1. The molecule has 0 amide bonds. The highest BCUT2D eigenvalue weighted by molar-refractivity contribution is 7.11. The maximum Gasteiger partial charge on any atom is 0.0900 e. The predicted molar refractivity (Wildman–Crippen MR) is 73.5 cm³/mol. The summed E-state index contributed by atoms with van der Waals surface area (Å²) in [5.41, 5.74) is 11.1. The molecule has 0 aliphatic rings. The van der Waals surface area contributed by atoms with Gasteiger partial charge in [-0.05, 0) is 44.4 Å². The van der Waals surface area contributed by atoms with Gasteiger partial charge in [0.15, 0.2) is 0 Å². The van der Waals surface area contributed by atoms with Crippen molar-refractivity contribution in [1.29, 1.82) is 0 Å². The van der Waals surface area contributed by atoms with E-state index in [9.17, 15) is 0 Å². The van der Waals surface area contributed by atoms with Crippen molar-refractivity contribution in [3.63, 3.8) is 0 Å². The first kappa shape index (κ1) is 12.3. The van der Waals surface area contributed by atoms with Gasteiger partial charge in [-0.15, -0.1) is 11.3 Å². The van der Waals surface area contributed by atoms with Crippen LogP contribution in [0.3, 0.4) is 0 Å². The summed E-state index contributed by atoms with van der Waals surface area (Å²) in [5.74, 6) is 0. The van der Waals surface area contributed by atoms with E-state index in [0.29, 0.717) is 0 Å². The Hall–Kier alpha value is -1.19. The number of hydrogen-bond acceptors (Lipinski definition) is 3. The fraction of sp³-hybridized carbons (Fsp3) is 0.357. The van der Waals surface area contributed by atoms with Gasteiger partial charge >= 0.3 is 0 Å². The van der Waals surface area contributed by atoms with Gasteiger partial charge in [0, 0.05) is 4.88 Å². The number of hydrogen-bond donors (Lipinski definition) is 1. The highest BCUT2D eigenvalue weighted by Crippen LogP contribution is 2.28. The van der Waals surface area contributed by atoms with Crippen LogP contribution in [-0.4, -0.2) is 4.98 Å². The van der Waals surface area contributed by atoms with Crippen molar-refractivity contribution < 1.29 is 0 Å². The standard InChI is InChI=1S/C14H18N2S/c1-8-5-6-12(7-9(8)2)13(15)14-10(3)16-11(4)17-14/h5-7,13H,15H2,1-4H3. The molecule has 17 heavy (non-hydrogen) atoms. The maximum absolute atomic E-state index is 6.32. The number of thiazole rings is 1. The van der Waals surface area contributed by atoms with Crippen LogP contribution in [0.15, 0.2) is 18.2 Å². The Bertz CT molecular complexity index is 543. The second-order valence-corrected chi connectivity index (χ2v) is 5.74. The van der Waals surface area contributed by atoms with Crippen LogP contribution >= 0.6 is 11.3 Å². The van der Waals surface area contributed by atoms with Crippen LogP contribution in [-0.2, 0) is 0 Å². The molecule has 1 heterocycles. The zero-order chi connectivity index (χ0) is 12.6. The van der Waals surface area contributed by atoms with E-state index < -0.39 is 0 Å². The van der Waals surface area contributed by atoms with E-state index >= 15 is 0 Å². The van der Waals surface area contributed by atoms with Crippen molar-refractivity contribution in [2.75, 3.05) is 0 Å². The molecule has 0 saturated heterocycles. The topological polar surface area (TPSA) is 38.9 Å². The minimum absolute atomic E-state index is 0.0551. The fourth-order valence-corrected chi connectivity index (χ4v) is 2.90. The summed E-state index contributed by atoms with van der Waals surface area (Å²) in [7, 11) is 0. The van der Waals surface area contributed by atoms with Gasteiger partial charge in [-0.3, -0.25) is 0 Å². The molecule has 0 bridgehead atoms. The normalized spacial score (nSPS) is 12.8. The molecule has 3 heteroatoms. The van der Waals surface area contributed by atoms with Crippen LogP contribution < -0.4 is 5.73 Å². The molecule has 0 aliphatic carbocycles. The fourth-order valence-electron chi connectivity index (χ4n) is 1.95. The monoisotopic (exact) mass is 246 g/mol. The van der Waals surface area contributed by atoms with E-state index in [2.05, 4.69) is 37.0 Å². The molecular formula is C14H18N2S. The lowest BCUT2D eigenvalue weighted by atomic mass is 10.0. The second-order valence-electron chi connectivity index (χ2n) is 4.50. The lowest BCUT2D eigenvalue weighted by molar-refractivity contribution is 0.874. The summed E-state index contributed by atoms with van der Waals surface area (Å²) in [6, 6.07) is 6.37. The van der Waals surface area contributed by atoms with E-state index in [1.165, 1.54) is 21.6 Å². The summed E-state index contributed by atoms with van der Waals surface area (Å²) in [6.45, 7) is 8.29. The number of aromatic nitrogens is 1. The van der Waals surface area contributed by atoms with Gasteiger partial charge < -0.3 is 5.73 Å². The van der Waals surface area contributed by atoms with Crippen LogP contribution in [0.5, 0.6) is 0 Å². The minimum Gasteiger partial charge on any atom is -0.320 e. The Kier molecular flexibility index (Phi) is 3.31. The number of aryl methyl sites for hydroxylation is 4. The molecule has 1 aromatic heterocycles. The molecule has 0 radical (unpaired) electrons. The Balaban J connectivity index is 2.40. The quantitative estimate of drug-likeness (QED) is 0.881. The summed E-state index contributed by atoms with van der Waals surface area (Å²) in [6.07, 6.45) is 0. The van der Waals surface area contributed by atoms with Crippen LogP contribution in [0.4, 0.5) is 0 Å². The molecule has 90 valence electrons. The molecule has 1 aromatic carbocycles. The van der Waals surface area contributed by atoms with Crippen molar-refractivity contribution in [1.82, 2.24) is 4.98 Å². The third-order valence-electron chi connectivity index (χ3n) is 3.11. The highest BCUT2D eigenvalue weighted by atomic mass is 32.1. The zero-order valence-electron chi connectivity index (χ0n) is 10.7. The van der Waals surface area contributed by atoms with Gasteiger partial charge in [0.25, 0.3) is 0 Å². The summed E-state index contributed by atoms with van der Waals surface area (Å²) >= 11 is 1.69. The number of rotatable bonds is 2. The molecule has 2 aromatic rings. The third kappa shape index (κ3) is 2.40. The van der Waals surface area contributed by atoms with Gasteiger partial charge in [0.1, 0.15) is 0 Å². The van der Waals surface area contributed by atoms with Gasteiger partial charge in [-0.2, -0.15) is 0 Å². The van der Waals surface area contributed by atoms with Crippen LogP contribution in [0.1, 0.15) is 38.3 Å². The smallest absolute Gasteiger partial charge is 0.0900 e. The van der Waals surface area contributed by atoms with Crippen LogP contribution in [0.2, 0.25) is 0 Å². The van der Waals surface area contributed by atoms with Crippen molar-refractivity contribution in [3.8, 4) is 0 Å². The molecule has 1 atom stereocenters. The molecule has 2 rings (SSSR count). The van der Waals surface area contributed by atoms with Gasteiger partial charge in [0.2, 0.25) is 0 Å². The molecule has 2 N–H and O–H groups in total. The first-order valence-electron chi connectivity index (χ1n) is 5.75. The largest absolute Gasteiger partial charge is 0.320 e. The first-order chi connectivity index (χ1) is 7.99. The Morgan fingerprint density at radius 2 is 1.82 bits per heavy atom. The molecule has 0 saturated carbocycles. The van der Waals surface area contributed by atoms with Crippen molar-refractivity contribution in [2.45, 2.75) is 33.7 Å². The highest BCUT2D eigenvalue weighted by Gasteiger charge is 2.15. The summed E-state index contributed by atoms with van der Waals surface area (Å²) in [5, 5.41) is 1.08. The molecule has 0 spiro atoms. The van der Waals surface area contributed by atoms with Gasteiger partial charge in [-0.1, -0.05) is 18.2 Å². The maximum atomic E-state index is 6.32. The second kappa shape index (κ2) is 4.59. The average Bonchev–Trinajstić information content (AvgIpc) is 2.61. The van der Waals surface area contributed by atoms with E-state index in [0.717, 1.165) is 10.7 Å². The third-order valence-corrected chi connectivity index (χ3v) is 4.27. The Morgan fingerprint density at radius 1 is 1.12 bits per heavy atom. The lowest BCUT2D eigenvalue weighted by Crippen LogP contribution is -2.11. The predicted octanol–water partition coefficient (Wildman–Crippen LogP) is 3.42. The number of nitrogens with two attached hydrogens (primary N) is 1. The molecule has 2 nitrogen and oxygen atoms in total. The Morgan fingerprint density at radius 3 is 2.35 bits per heavy atom. The summed E-state index contributed by atoms with van der Waals surface area (Å²) < 4.78 is 0. The van der Waals surface area contributed by atoms with Gasteiger partial charge in [-0.25, -0.2) is 4.98 Å². The molecular weight excluding hydrogens is 228 g/mol. The number of nitrogens with zero attached hydrogens (tertiary/aromatic N) is 1. The molecule has 0 aliphatic heterocycles. The van der Waals surface area contributed by atoms with Gasteiger partial charge in [0.05, 0.1) is 16.7 Å². The van der Waals surface area contributed by atoms with E-state index in [-0.39, 0.29) is 6.04 Å². The minimum atomic E-state index is -0.0551. The van der Waals surface area contributed by atoms with E-state index in [1.54, 1.807) is 11.3 Å². The SMILES string of the molecule is Cc1nc(C)c(C(N)c2ccc(C)c(C)c2)s1. The molecule has 0 fully saturated rings. The zero-order valence-corrected chi connectivity index (χ0v) is 11.6. The average molecular weight is 246 g/mol. The Labute approximate surface area is 107 Å².